The molecule has 20 heavy (non-hydrogen) atoms. The molecule has 0 radical (unpaired) electrons. The number of amides is 2. The maximum absolute atomic E-state index is 13.5. The second kappa shape index (κ2) is 6.60. The van der Waals surface area contributed by atoms with Crippen LogP contribution in [-0.2, 0) is 0 Å². The van der Waals surface area contributed by atoms with Gasteiger partial charge in [-0.1, -0.05) is 0 Å². The van der Waals surface area contributed by atoms with Gasteiger partial charge >= 0.3 is 12.0 Å². The van der Waals surface area contributed by atoms with E-state index in [2.05, 4.69) is 10.6 Å². The second-order valence-corrected chi connectivity index (χ2v) is 4.28. The summed E-state index contributed by atoms with van der Waals surface area (Å²) in [6.45, 7) is 0.647. The van der Waals surface area contributed by atoms with Gasteiger partial charge in [-0.2, -0.15) is 0 Å². The number of hydrogen-bond acceptors (Lipinski definition) is 4. The molecule has 0 bridgehead atoms. The molecule has 0 aliphatic carbocycles. The molecular formula is C12H17FN4O3. The topological polar surface area (TPSA) is 108 Å². The molecule has 0 atom stereocenters. The molecule has 0 saturated carbocycles. The highest BCUT2D eigenvalue weighted by Gasteiger charge is 2.13. The van der Waals surface area contributed by atoms with Crippen molar-refractivity contribution < 1.29 is 19.1 Å². The van der Waals surface area contributed by atoms with E-state index in [1.165, 1.54) is 4.90 Å². The Bertz CT molecular complexity index is 520. The number of aromatic carboxylic acids is 1. The lowest BCUT2D eigenvalue weighted by molar-refractivity contribution is 0.0692. The molecule has 2 amide bonds. The lowest BCUT2D eigenvalue weighted by Gasteiger charge is -2.14. The van der Waals surface area contributed by atoms with Crippen LogP contribution in [0.3, 0.4) is 0 Å². The SMILES string of the molecule is CN(C)C(=O)NCCNc1cc(F)c(C(=O)O)cc1N. The van der Waals surface area contributed by atoms with E-state index in [0.717, 1.165) is 12.1 Å². The Balaban J connectivity index is 2.59. The van der Waals surface area contributed by atoms with Crippen molar-refractivity contribution in [3.05, 3.63) is 23.5 Å². The molecule has 1 rings (SSSR count). The van der Waals surface area contributed by atoms with Crippen LogP contribution in [0.5, 0.6) is 0 Å². The first-order chi connectivity index (χ1) is 9.32. The first kappa shape index (κ1) is 15.5. The molecule has 0 fully saturated rings. The van der Waals surface area contributed by atoms with Crippen molar-refractivity contribution in [3.63, 3.8) is 0 Å². The van der Waals surface area contributed by atoms with Gasteiger partial charge < -0.3 is 26.4 Å². The first-order valence-corrected chi connectivity index (χ1v) is 5.84. The van der Waals surface area contributed by atoms with Gasteiger partial charge in [-0.25, -0.2) is 14.0 Å². The molecule has 7 nitrogen and oxygen atoms in total. The van der Waals surface area contributed by atoms with E-state index in [-0.39, 0.29) is 17.4 Å². The number of carboxylic acid groups (broad SMARTS) is 1. The number of hydrogen-bond donors (Lipinski definition) is 4. The van der Waals surface area contributed by atoms with Crippen molar-refractivity contribution >= 4 is 23.4 Å². The van der Waals surface area contributed by atoms with Crippen molar-refractivity contribution in [3.8, 4) is 0 Å². The number of nitrogen functional groups attached to an aromatic ring is 1. The summed E-state index contributed by atoms with van der Waals surface area (Å²) >= 11 is 0. The van der Waals surface area contributed by atoms with Crippen LogP contribution in [0, 0.1) is 5.82 Å². The van der Waals surface area contributed by atoms with Gasteiger partial charge in [0, 0.05) is 27.2 Å². The largest absolute Gasteiger partial charge is 0.478 e. The monoisotopic (exact) mass is 284 g/mol. The zero-order chi connectivity index (χ0) is 15.3. The molecule has 0 aliphatic heterocycles. The minimum atomic E-state index is -1.38. The number of carboxylic acids is 1. The fourth-order valence-electron chi connectivity index (χ4n) is 1.43. The zero-order valence-electron chi connectivity index (χ0n) is 11.2. The van der Waals surface area contributed by atoms with E-state index in [1.54, 1.807) is 14.1 Å². The van der Waals surface area contributed by atoms with Crippen LogP contribution in [-0.4, -0.2) is 49.2 Å². The zero-order valence-corrected chi connectivity index (χ0v) is 11.2. The number of carbonyl (C=O) groups is 2. The Morgan fingerprint density at radius 1 is 1.35 bits per heavy atom. The van der Waals surface area contributed by atoms with Crippen LogP contribution in [0.4, 0.5) is 20.6 Å². The lowest BCUT2D eigenvalue weighted by Crippen LogP contribution is -2.37. The van der Waals surface area contributed by atoms with Crippen molar-refractivity contribution in [2.24, 2.45) is 0 Å². The van der Waals surface area contributed by atoms with E-state index in [4.69, 9.17) is 10.8 Å². The highest BCUT2D eigenvalue weighted by molar-refractivity contribution is 5.90. The van der Waals surface area contributed by atoms with Crippen LogP contribution in [0.25, 0.3) is 0 Å². The predicted octanol–water partition coefficient (Wildman–Crippen LogP) is 0.789. The number of anilines is 2. The third-order valence-electron chi connectivity index (χ3n) is 2.49. The molecule has 110 valence electrons. The smallest absolute Gasteiger partial charge is 0.338 e. The van der Waals surface area contributed by atoms with Gasteiger partial charge in [0.15, 0.2) is 0 Å². The number of nitrogens with zero attached hydrogens (tertiary/aromatic N) is 1. The van der Waals surface area contributed by atoms with Crippen LogP contribution in [0.1, 0.15) is 10.4 Å². The molecule has 0 unspecified atom stereocenters. The molecule has 0 aliphatic rings. The molecule has 0 aromatic heterocycles. The summed E-state index contributed by atoms with van der Waals surface area (Å²) in [7, 11) is 3.22. The third kappa shape index (κ3) is 4.01. The van der Waals surface area contributed by atoms with Crippen LogP contribution in [0.2, 0.25) is 0 Å². The minimum Gasteiger partial charge on any atom is -0.478 e. The Labute approximate surface area is 115 Å². The number of benzene rings is 1. The molecule has 1 aromatic carbocycles. The van der Waals surface area contributed by atoms with E-state index in [9.17, 15) is 14.0 Å². The molecule has 8 heteroatoms. The van der Waals surface area contributed by atoms with Crippen molar-refractivity contribution in [1.82, 2.24) is 10.2 Å². The second-order valence-electron chi connectivity index (χ2n) is 4.28. The Morgan fingerprint density at radius 2 is 2.00 bits per heavy atom. The van der Waals surface area contributed by atoms with Crippen molar-refractivity contribution in [2.75, 3.05) is 38.2 Å². The standard InChI is InChI=1S/C12H17FN4O3/c1-17(2)12(20)16-4-3-15-10-6-8(13)7(11(18)19)5-9(10)14/h5-6,15H,3-4,14H2,1-2H3,(H,16,20)(H,18,19). The van der Waals surface area contributed by atoms with Gasteiger partial charge in [-0.15, -0.1) is 0 Å². The van der Waals surface area contributed by atoms with Crippen molar-refractivity contribution in [2.45, 2.75) is 0 Å². The molecule has 5 N–H and O–H groups in total. The summed E-state index contributed by atoms with van der Waals surface area (Å²) < 4.78 is 13.5. The number of carbonyl (C=O) groups excluding carboxylic acids is 1. The summed E-state index contributed by atoms with van der Waals surface area (Å²) in [5, 5.41) is 14.2. The van der Waals surface area contributed by atoms with E-state index < -0.39 is 17.3 Å². The number of rotatable bonds is 5. The summed E-state index contributed by atoms with van der Waals surface area (Å²) in [5.74, 6) is -2.24. The fraction of sp³-hybridized carbons (Fsp3) is 0.333. The Morgan fingerprint density at radius 3 is 2.55 bits per heavy atom. The Kier molecular flexibility index (Phi) is 5.13. The van der Waals surface area contributed by atoms with Gasteiger partial charge in [-0.3, -0.25) is 0 Å². The maximum atomic E-state index is 13.5. The van der Waals surface area contributed by atoms with Crippen LogP contribution in [0.15, 0.2) is 12.1 Å². The first-order valence-electron chi connectivity index (χ1n) is 5.84. The number of nitrogens with two attached hydrogens (primary N) is 1. The minimum absolute atomic E-state index is 0.128. The summed E-state index contributed by atoms with van der Waals surface area (Å²) in [6.07, 6.45) is 0. The van der Waals surface area contributed by atoms with E-state index in [1.807, 2.05) is 0 Å². The van der Waals surface area contributed by atoms with Crippen LogP contribution >= 0.6 is 0 Å². The molecule has 0 saturated heterocycles. The van der Waals surface area contributed by atoms with Gasteiger partial charge in [-0.05, 0) is 12.1 Å². The van der Waals surface area contributed by atoms with Gasteiger partial charge in [0.25, 0.3) is 0 Å². The molecule has 1 aromatic rings. The molecule has 0 heterocycles. The van der Waals surface area contributed by atoms with Gasteiger partial charge in [0.2, 0.25) is 0 Å². The average molecular weight is 284 g/mol. The van der Waals surface area contributed by atoms with Crippen molar-refractivity contribution in [1.29, 1.82) is 0 Å². The quantitative estimate of drug-likeness (QED) is 0.472. The number of urea groups is 1. The number of halogens is 1. The third-order valence-corrected chi connectivity index (χ3v) is 2.49. The predicted molar refractivity (Wildman–Crippen MR) is 73.3 cm³/mol. The fourth-order valence-corrected chi connectivity index (χ4v) is 1.43. The van der Waals surface area contributed by atoms with E-state index in [0.29, 0.717) is 13.1 Å². The van der Waals surface area contributed by atoms with E-state index >= 15 is 0 Å². The van der Waals surface area contributed by atoms with Gasteiger partial charge in [0.1, 0.15) is 5.82 Å². The summed E-state index contributed by atoms with van der Waals surface area (Å²) in [6, 6.07) is 1.83. The maximum Gasteiger partial charge on any atom is 0.338 e. The molecule has 0 spiro atoms. The average Bonchev–Trinajstić information content (AvgIpc) is 2.37. The lowest BCUT2D eigenvalue weighted by atomic mass is 10.1. The van der Waals surface area contributed by atoms with Gasteiger partial charge in [0.05, 0.1) is 16.9 Å². The van der Waals surface area contributed by atoms with Crippen LogP contribution < -0.4 is 16.4 Å². The Hall–Kier alpha value is -2.51. The number of nitrogens with one attached hydrogen (secondary N) is 2. The summed E-state index contributed by atoms with van der Waals surface area (Å²) in [5.41, 5.74) is 5.56. The summed E-state index contributed by atoms with van der Waals surface area (Å²) in [4.78, 5) is 23.3. The normalized spacial score (nSPS) is 9.95. The highest BCUT2D eigenvalue weighted by Crippen LogP contribution is 2.22. The highest BCUT2D eigenvalue weighted by atomic mass is 19.1. The molecular weight excluding hydrogens is 267 g/mol.